The zero-order chi connectivity index (χ0) is 15.5. The van der Waals surface area contributed by atoms with Crippen molar-refractivity contribution in [1.29, 1.82) is 0 Å². The summed E-state index contributed by atoms with van der Waals surface area (Å²) in [5, 5.41) is 0. The van der Waals surface area contributed by atoms with E-state index in [0.717, 1.165) is 30.6 Å². The first-order valence-corrected chi connectivity index (χ1v) is 7.78. The molecule has 0 bridgehead atoms. The van der Waals surface area contributed by atoms with Gasteiger partial charge in [0.1, 0.15) is 6.61 Å². The molecular weight excluding hydrogens is 280 g/mol. The quantitative estimate of drug-likeness (QED) is 0.519. The molecule has 0 saturated carbocycles. The predicted octanol–water partition coefficient (Wildman–Crippen LogP) is 2.90. The highest BCUT2D eigenvalue weighted by molar-refractivity contribution is 5.21. The van der Waals surface area contributed by atoms with Crippen molar-refractivity contribution in [3.8, 4) is 12.3 Å². The van der Waals surface area contributed by atoms with E-state index in [-0.39, 0.29) is 6.29 Å². The zero-order valence-electron chi connectivity index (χ0n) is 13.0. The van der Waals surface area contributed by atoms with E-state index in [1.807, 2.05) is 24.3 Å². The Kier molecular flexibility index (Phi) is 8.00. The first-order valence-electron chi connectivity index (χ1n) is 7.78. The molecule has 120 valence electrons. The molecule has 1 aromatic rings. The summed E-state index contributed by atoms with van der Waals surface area (Å²) >= 11 is 0. The molecule has 1 aliphatic heterocycles. The number of terminal acetylenes is 1. The highest BCUT2D eigenvalue weighted by atomic mass is 16.7. The van der Waals surface area contributed by atoms with Crippen LogP contribution in [0.5, 0.6) is 0 Å². The number of benzene rings is 1. The molecule has 1 aliphatic rings. The molecule has 0 amide bonds. The highest BCUT2D eigenvalue weighted by Gasteiger charge is 2.13. The third-order valence-electron chi connectivity index (χ3n) is 3.42. The summed E-state index contributed by atoms with van der Waals surface area (Å²) in [7, 11) is 0. The Labute approximate surface area is 132 Å². The van der Waals surface area contributed by atoms with Crippen molar-refractivity contribution < 1.29 is 18.9 Å². The summed E-state index contributed by atoms with van der Waals surface area (Å²) in [6.07, 6.45) is 8.40. The lowest BCUT2D eigenvalue weighted by Gasteiger charge is -2.22. The first-order chi connectivity index (χ1) is 10.9. The van der Waals surface area contributed by atoms with E-state index in [4.69, 9.17) is 25.4 Å². The summed E-state index contributed by atoms with van der Waals surface area (Å²) in [5.41, 5.74) is 2.24. The van der Waals surface area contributed by atoms with Crippen LogP contribution >= 0.6 is 0 Å². The van der Waals surface area contributed by atoms with E-state index in [1.54, 1.807) is 0 Å². The van der Waals surface area contributed by atoms with Crippen LogP contribution in [-0.4, -0.2) is 32.7 Å². The topological polar surface area (TPSA) is 36.9 Å². The molecule has 0 aromatic heterocycles. The van der Waals surface area contributed by atoms with Gasteiger partial charge in [-0.25, -0.2) is 0 Å². The summed E-state index contributed by atoms with van der Waals surface area (Å²) in [4.78, 5) is 0. The van der Waals surface area contributed by atoms with Gasteiger partial charge in [-0.2, -0.15) is 0 Å². The van der Waals surface area contributed by atoms with Crippen molar-refractivity contribution in [3.63, 3.8) is 0 Å². The Bertz CT molecular complexity index is 443. The fourth-order valence-electron chi connectivity index (χ4n) is 2.23. The van der Waals surface area contributed by atoms with Gasteiger partial charge in [0, 0.05) is 6.61 Å². The first kappa shape index (κ1) is 17.0. The molecule has 1 aromatic carbocycles. The van der Waals surface area contributed by atoms with Gasteiger partial charge in [0.05, 0.1) is 26.4 Å². The normalized spacial score (nSPS) is 18.0. The second kappa shape index (κ2) is 10.4. The number of hydrogen-bond donors (Lipinski definition) is 0. The van der Waals surface area contributed by atoms with Crippen LogP contribution < -0.4 is 0 Å². The van der Waals surface area contributed by atoms with Gasteiger partial charge in [0.25, 0.3) is 0 Å². The van der Waals surface area contributed by atoms with E-state index in [1.165, 1.54) is 6.42 Å². The predicted molar refractivity (Wildman–Crippen MR) is 84.1 cm³/mol. The summed E-state index contributed by atoms with van der Waals surface area (Å²) < 4.78 is 22.0. The van der Waals surface area contributed by atoms with E-state index in [2.05, 4.69) is 5.92 Å². The van der Waals surface area contributed by atoms with Crippen LogP contribution in [0.1, 0.15) is 30.4 Å². The lowest BCUT2D eigenvalue weighted by Crippen LogP contribution is -2.23. The van der Waals surface area contributed by atoms with Crippen LogP contribution in [0.4, 0.5) is 0 Å². The van der Waals surface area contributed by atoms with Gasteiger partial charge in [0.15, 0.2) is 6.29 Å². The fraction of sp³-hybridized carbons (Fsp3) is 0.556. The molecule has 0 N–H and O–H groups in total. The summed E-state index contributed by atoms with van der Waals surface area (Å²) in [6, 6.07) is 8.14. The molecule has 22 heavy (non-hydrogen) atoms. The van der Waals surface area contributed by atoms with Gasteiger partial charge < -0.3 is 18.9 Å². The molecule has 0 aliphatic carbocycles. The molecule has 4 heteroatoms. The molecule has 2 rings (SSSR count). The SMILES string of the molecule is C#CCOCc1ccc(COCCOC2CCCCO2)cc1. The molecule has 1 fully saturated rings. The lowest BCUT2D eigenvalue weighted by atomic mass is 10.1. The minimum absolute atomic E-state index is 0.0420. The maximum absolute atomic E-state index is 5.62. The standard InChI is InChI=1S/C18H24O4/c1-2-10-19-14-16-6-8-17(9-7-16)15-20-12-13-22-18-5-3-4-11-21-18/h1,6-9,18H,3-5,10-15H2. The number of ether oxygens (including phenoxy) is 4. The van der Waals surface area contributed by atoms with Crippen LogP contribution in [0.2, 0.25) is 0 Å². The van der Waals surface area contributed by atoms with E-state index >= 15 is 0 Å². The Morgan fingerprint density at radius 3 is 2.41 bits per heavy atom. The summed E-state index contributed by atoms with van der Waals surface area (Å²) in [5.74, 6) is 2.45. The Morgan fingerprint density at radius 2 is 1.77 bits per heavy atom. The molecule has 0 radical (unpaired) electrons. The Morgan fingerprint density at radius 1 is 1.05 bits per heavy atom. The van der Waals surface area contributed by atoms with Crippen molar-refractivity contribution in [1.82, 2.24) is 0 Å². The average Bonchev–Trinajstić information content (AvgIpc) is 2.57. The number of hydrogen-bond acceptors (Lipinski definition) is 4. The van der Waals surface area contributed by atoms with Gasteiger partial charge in [0.2, 0.25) is 0 Å². The van der Waals surface area contributed by atoms with Crippen LogP contribution in [0.25, 0.3) is 0 Å². The van der Waals surface area contributed by atoms with Gasteiger partial charge in [-0.15, -0.1) is 6.42 Å². The van der Waals surface area contributed by atoms with Crippen molar-refractivity contribution in [2.75, 3.05) is 26.4 Å². The van der Waals surface area contributed by atoms with Crippen LogP contribution in [0.15, 0.2) is 24.3 Å². The van der Waals surface area contributed by atoms with E-state index in [9.17, 15) is 0 Å². The van der Waals surface area contributed by atoms with Crippen molar-refractivity contribution in [3.05, 3.63) is 35.4 Å². The van der Waals surface area contributed by atoms with Crippen molar-refractivity contribution in [2.24, 2.45) is 0 Å². The van der Waals surface area contributed by atoms with Crippen LogP contribution in [0.3, 0.4) is 0 Å². The monoisotopic (exact) mass is 304 g/mol. The minimum Gasteiger partial charge on any atom is -0.374 e. The van der Waals surface area contributed by atoms with Gasteiger partial charge in [-0.3, -0.25) is 0 Å². The highest BCUT2D eigenvalue weighted by Crippen LogP contribution is 2.13. The van der Waals surface area contributed by atoms with Crippen molar-refractivity contribution in [2.45, 2.75) is 38.8 Å². The second-order valence-electron chi connectivity index (χ2n) is 5.23. The molecule has 1 heterocycles. The maximum Gasteiger partial charge on any atom is 0.157 e. The Balaban J connectivity index is 1.55. The van der Waals surface area contributed by atoms with Crippen LogP contribution in [-0.2, 0) is 32.2 Å². The Hall–Kier alpha value is -1.38. The second-order valence-corrected chi connectivity index (χ2v) is 5.23. The molecule has 1 unspecified atom stereocenters. The molecule has 1 atom stereocenters. The molecule has 4 nitrogen and oxygen atoms in total. The largest absolute Gasteiger partial charge is 0.374 e. The maximum atomic E-state index is 5.62. The van der Waals surface area contributed by atoms with Crippen molar-refractivity contribution >= 4 is 0 Å². The minimum atomic E-state index is -0.0420. The molecular formula is C18H24O4. The third kappa shape index (κ3) is 6.59. The van der Waals surface area contributed by atoms with Gasteiger partial charge in [-0.05, 0) is 30.4 Å². The zero-order valence-corrected chi connectivity index (χ0v) is 13.0. The number of rotatable bonds is 9. The van der Waals surface area contributed by atoms with Gasteiger partial charge in [-0.1, -0.05) is 30.2 Å². The average molecular weight is 304 g/mol. The fourth-order valence-corrected chi connectivity index (χ4v) is 2.23. The van der Waals surface area contributed by atoms with Crippen LogP contribution in [0, 0.1) is 12.3 Å². The molecule has 1 saturated heterocycles. The van der Waals surface area contributed by atoms with E-state index < -0.39 is 0 Å². The lowest BCUT2D eigenvalue weighted by molar-refractivity contribution is -0.169. The smallest absolute Gasteiger partial charge is 0.157 e. The molecule has 0 spiro atoms. The summed E-state index contributed by atoms with van der Waals surface area (Å²) in [6.45, 7) is 3.43. The third-order valence-corrected chi connectivity index (χ3v) is 3.42. The van der Waals surface area contributed by atoms with E-state index in [0.29, 0.717) is 33.0 Å². The van der Waals surface area contributed by atoms with Gasteiger partial charge >= 0.3 is 0 Å².